The standard InChI is InChI=1S/C21H29FN2O2/c1-2-13-23-19(25)16-9-14-24(15-10-16)20(26)21(11-3-4-12-21)17-5-7-18(22)8-6-17/h5-8,16H,2-4,9-15H2,1H3,(H,23,25). The number of hydrogen-bond donors (Lipinski definition) is 1. The van der Waals surface area contributed by atoms with Gasteiger partial charge in [-0.15, -0.1) is 0 Å². The van der Waals surface area contributed by atoms with Gasteiger partial charge in [0, 0.05) is 25.6 Å². The van der Waals surface area contributed by atoms with Crippen molar-refractivity contribution in [3.05, 3.63) is 35.6 Å². The van der Waals surface area contributed by atoms with Gasteiger partial charge in [0.25, 0.3) is 0 Å². The minimum absolute atomic E-state index is 0.0101. The van der Waals surface area contributed by atoms with Crippen LogP contribution in [0.5, 0.6) is 0 Å². The largest absolute Gasteiger partial charge is 0.356 e. The van der Waals surface area contributed by atoms with E-state index in [4.69, 9.17) is 0 Å². The Morgan fingerprint density at radius 2 is 1.77 bits per heavy atom. The number of rotatable bonds is 5. The first-order valence-electron chi connectivity index (χ1n) is 9.90. The second-order valence-electron chi connectivity index (χ2n) is 7.65. The molecule has 3 rings (SSSR count). The van der Waals surface area contributed by atoms with Gasteiger partial charge in [0.1, 0.15) is 5.82 Å². The first-order valence-corrected chi connectivity index (χ1v) is 9.90. The monoisotopic (exact) mass is 360 g/mol. The van der Waals surface area contributed by atoms with Gasteiger partial charge >= 0.3 is 0 Å². The third kappa shape index (κ3) is 3.76. The predicted octanol–water partition coefficient (Wildman–Crippen LogP) is 3.40. The first-order chi connectivity index (χ1) is 12.6. The van der Waals surface area contributed by atoms with Gasteiger partial charge in [-0.1, -0.05) is 31.9 Å². The topological polar surface area (TPSA) is 49.4 Å². The average Bonchev–Trinajstić information content (AvgIpc) is 3.17. The summed E-state index contributed by atoms with van der Waals surface area (Å²) in [5, 5.41) is 2.96. The van der Waals surface area contributed by atoms with Crippen molar-refractivity contribution in [3.63, 3.8) is 0 Å². The van der Waals surface area contributed by atoms with E-state index in [2.05, 4.69) is 5.32 Å². The molecule has 2 amide bonds. The Bertz CT molecular complexity index is 630. The number of carbonyl (C=O) groups excluding carboxylic acids is 2. The molecule has 0 atom stereocenters. The third-order valence-corrected chi connectivity index (χ3v) is 5.97. The number of halogens is 1. The maximum atomic E-state index is 13.4. The van der Waals surface area contributed by atoms with E-state index < -0.39 is 5.41 Å². The van der Waals surface area contributed by atoms with E-state index in [9.17, 15) is 14.0 Å². The van der Waals surface area contributed by atoms with Crippen LogP contribution in [0.4, 0.5) is 4.39 Å². The van der Waals surface area contributed by atoms with Crippen LogP contribution in [0.3, 0.4) is 0 Å². The Kier molecular flexibility index (Phi) is 5.94. The maximum Gasteiger partial charge on any atom is 0.233 e. The normalized spacial score (nSPS) is 20.2. The van der Waals surface area contributed by atoms with E-state index in [1.54, 1.807) is 12.1 Å². The molecule has 1 N–H and O–H groups in total. The van der Waals surface area contributed by atoms with Crippen LogP contribution in [0, 0.1) is 11.7 Å². The number of nitrogens with zero attached hydrogens (tertiary/aromatic N) is 1. The lowest BCUT2D eigenvalue weighted by Crippen LogP contribution is -2.50. The smallest absolute Gasteiger partial charge is 0.233 e. The molecule has 0 unspecified atom stereocenters. The van der Waals surface area contributed by atoms with Crippen molar-refractivity contribution in [1.82, 2.24) is 10.2 Å². The zero-order valence-electron chi connectivity index (χ0n) is 15.6. The highest BCUT2D eigenvalue weighted by molar-refractivity contribution is 5.89. The summed E-state index contributed by atoms with van der Waals surface area (Å²) in [5.41, 5.74) is 0.426. The molecule has 0 bridgehead atoms. The number of likely N-dealkylation sites (tertiary alicyclic amines) is 1. The minimum Gasteiger partial charge on any atom is -0.356 e. The molecule has 4 nitrogen and oxygen atoms in total. The molecular weight excluding hydrogens is 331 g/mol. The highest BCUT2D eigenvalue weighted by atomic mass is 19.1. The van der Waals surface area contributed by atoms with Crippen LogP contribution < -0.4 is 5.32 Å². The van der Waals surface area contributed by atoms with Crippen molar-refractivity contribution in [1.29, 1.82) is 0 Å². The molecule has 1 saturated carbocycles. The van der Waals surface area contributed by atoms with Crippen molar-refractivity contribution >= 4 is 11.8 Å². The SMILES string of the molecule is CCCNC(=O)C1CCN(C(=O)C2(c3ccc(F)cc3)CCCC2)CC1. The van der Waals surface area contributed by atoms with Gasteiger partial charge < -0.3 is 10.2 Å². The average molecular weight is 360 g/mol. The van der Waals surface area contributed by atoms with E-state index >= 15 is 0 Å². The predicted molar refractivity (Wildman–Crippen MR) is 99.2 cm³/mol. The molecule has 0 radical (unpaired) electrons. The van der Waals surface area contributed by atoms with Crippen LogP contribution >= 0.6 is 0 Å². The molecular formula is C21H29FN2O2. The number of carbonyl (C=O) groups is 2. The van der Waals surface area contributed by atoms with Crippen molar-refractivity contribution in [2.45, 2.75) is 57.3 Å². The van der Waals surface area contributed by atoms with Crippen LogP contribution in [0.1, 0.15) is 57.4 Å². The minimum atomic E-state index is -0.509. The van der Waals surface area contributed by atoms with Crippen LogP contribution in [0.15, 0.2) is 24.3 Å². The Morgan fingerprint density at radius 3 is 2.35 bits per heavy atom. The molecule has 0 aromatic heterocycles. The number of benzene rings is 1. The van der Waals surface area contributed by atoms with E-state index in [0.29, 0.717) is 19.6 Å². The second kappa shape index (κ2) is 8.19. The fraction of sp³-hybridized carbons (Fsp3) is 0.619. The Labute approximate surface area is 155 Å². The Hall–Kier alpha value is -1.91. The summed E-state index contributed by atoms with van der Waals surface area (Å²) in [7, 11) is 0. The molecule has 1 aromatic rings. The van der Waals surface area contributed by atoms with Gasteiger partial charge in [-0.3, -0.25) is 9.59 Å². The lowest BCUT2D eigenvalue weighted by Gasteiger charge is -2.38. The fourth-order valence-corrected chi connectivity index (χ4v) is 4.41. The summed E-state index contributed by atoms with van der Waals surface area (Å²) in [6, 6.07) is 6.44. The molecule has 5 heteroatoms. The molecule has 1 aromatic carbocycles. The molecule has 2 fully saturated rings. The lowest BCUT2D eigenvalue weighted by atomic mass is 9.77. The molecule has 1 saturated heterocycles. The molecule has 26 heavy (non-hydrogen) atoms. The van der Waals surface area contributed by atoms with E-state index in [1.165, 1.54) is 12.1 Å². The zero-order chi connectivity index (χ0) is 18.6. The van der Waals surface area contributed by atoms with Crippen molar-refractivity contribution < 1.29 is 14.0 Å². The summed E-state index contributed by atoms with van der Waals surface area (Å²) >= 11 is 0. The number of nitrogens with one attached hydrogen (secondary N) is 1. The molecule has 1 aliphatic heterocycles. The van der Waals surface area contributed by atoms with Crippen molar-refractivity contribution in [3.8, 4) is 0 Å². The molecule has 0 spiro atoms. The molecule has 142 valence electrons. The van der Waals surface area contributed by atoms with Gasteiger partial charge in [0.05, 0.1) is 5.41 Å². The second-order valence-corrected chi connectivity index (χ2v) is 7.65. The van der Waals surface area contributed by atoms with E-state index in [1.807, 2.05) is 11.8 Å². The summed E-state index contributed by atoms with van der Waals surface area (Å²) in [6.45, 7) is 4.02. The summed E-state index contributed by atoms with van der Waals surface area (Å²) < 4.78 is 13.3. The van der Waals surface area contributed by atoms with Crippen molar-refractivity contribution in [2.75, 3.05) is 19.6 Å². The van der Waals surface area contributed by atoms with Crippen LogP contribution in [-0.2, 0) is 15.0 Å². The van der Waals surface area contributed by atoms with Crippen LogP contribution in [0.2, 0.25) is 0 Å². The molecule has 1 aliphatic carbocycles. The number of amides is 2. The van der Waals surface area contributed by atoms with Crippen LogP contribution in [-0.4, -0.2) is 36.3 Å². The maximum absolute atomic E-state index is 13.4. The summed E-state index contributed by atoms with van der Waals surface area (Å²) in [5.74, 6) is 0.0197. The van der Waals surface area contributed by atoms with Gasteiger partial charge in [0.15, 0.2) is 0 Å². The van der Waals surface area contributed by atoms with Crippen LogP contribution in [0.25, 0.3) is 0 Å². The molecule has 2 aliphatic rings. The van der Waals surface area contributed by atoms with Gasteiger partial charge in [-0.25, -0.2) is 4.39 Å². The van der Waals surface area contributed by atoms with Gasteiger partial charge in [-0.2, -0.15) is 0 Å². The quantitative estimate of drug-likeness (QED) is 0.875. The van der Waals surface area contributed by atoms with Crippen molar-refractivity contribution in [2.24, 2.45) is 5.92 Å². The molecule has 1 heterocycles. The van der Waals surface area contributed by atoms with E-state index in [-0.39, 0.29) is 23.5 Å². The zero-order valence-corrected chi connectivity index (χ0v) is 15.6. The van der Waals surface area contributed by atoms with Gasteiger partial charge in [0.2, 0.25) is 11.8 Å². The van der Waals surface area contributed by atoms with Gasteiger partial charge in [-0.05, 0) is 49.8 Å². The Balaban J connectivity index is 1.68. The summed E-state index contributed by atoms with van der Waals surface area (Å²) in [6.07, 6.45) is 6.09. The van der Waals surface area contributed by atoms with E-state index in [0.717, 1.165) is 50.5 Å². The lowest BCUT2D eigenvalue weighted by molar-refractivity contribution is -0.140. The Morgan fingerprint density at radius 1 is 1.15 bits per heavy atom. The highest BCUT2D eigenvalue weighted by Gasteiger charge is 2.45. The summed E-state index contributed by atoms with van der Waals surface area (Å²) in [4.78, 5) is 27.5. The third-order valence-electron chi connectivity index (χ3n) is 5.97. The first kappa shape index (κ1) is 18.9. The number of hydrogen-bond acceptors (Lipinski definition) is 2. The number of piperidine rings is 1. The fourth-order valence-electron chi connectivity index (χ4n) is 4.41. The highest BCUT2D eigenvalue weighted by Crippen LogP contribution is 2.43.